The number of guanidine groups is 1. The molecule has 170 valence electrons. The van der Waals surface area contributed by atoms with Crippen LogP contribution in [0.4, 0.5) is 5.82 Å². The number of amides is 1. The first-order valence-electron chi connectivity index (χ1n) is 10.4. The summed E-state index contributed by atoms with van der Waals surface area (Å²) >= 11 is 0. The van der Waals surface area contributed by atoms with E-state index in [9.17, 15) is 4.79 Å². The van der Waals surface area contributed by atoms with Gasteiger partial charge in [-0.15, -0.1) is 24.8 Å². The number of nitrogens with zero attached hydrogens (tertiary/aromatic N) is 2. The molecule has 0 aliphatic heterocycles. The molecule has 0 radical (unpaired) electrons. The Labute approximate surface area is 194 Å². The molecular weight excluding hydrogens is 437 g/mol. The number of carbonyl (C=O) groups excluding carboxylic acids is 1. The molecule has 31 heavy (non-hydrogen) atoms. The van der Waals surface area contributed by atoms with E-state index < -0.39 is 0 Å². The number of fused-ring (bicyclic) bond motifs is 1. The van der Waals surface area contributed by atoms with E-state index in [1.807, 2.05) is 25.1 Å². The standard InChI is InChI=1S/C21H29N7O.2ClH/c1-12-6-9-15-14(10-12)18(26-16-4-2-3-5-17(16)27-21(22)23)28-19(25-15)20(29)24-11-13-7-8-13;;/h6,9-10,13,16-17H,2-5,7-8,11H2,1H3,(H,24,29)(H4,22,23,27)(H,25,26,28);2*1H/t16-,17+;;/m0../s1. The Hall–Kier alpha value is -2.32. The van der Waals surface area contributed by atoms with Gasteiger partial charge in [-0.1, -0.05) is 24.5 Å². The molecule has 2 atom stereocenters. The SMILES string of the molecule is Cc1ccc2nc(C(=O)NCC3CC3)nc(N[C@H]3CCCC[C@H]3NC(=N)N)c2c1.Cl.Cl. The smallest absolute Gasteiger partial charge is 0.289 e. The lowest BCUT2D eigenvalue weighted by Gasteiger charge is -2.33. The second-order valence-electron chi connectivity index (χ2n) is 8.27. The lowest BCUT2D eigenvalue weighted by molar-refractivity contribution is 0.0942. The fourth-order valence-electron chi connectivity index (χ4n) is 3.94. The van der Waals surface area contributed by atoms with Crippen LogP contribution in [0, 0.1) is 18.3 Å². The van der Waals surface area contributed by atoms with Crippen molar-refractivity contribution in [3.05, 3.63) is 29.6 Å². The molecule has 1 heterocycles. The molecule has 0 bridgehead atoms. The second kappa shape index (κ2) is 10.8. The average molecular weight is 468 g/mol. The van der Waals surface area contributed by atoms with Gasteiger partial charge in [0.15, 0.2) is 5.96 Å². The first kappa shape index (κ1) is 24.9. The van der Waals surface area contributed by atoms with Crippen LogP contribution in [0.2, 0.25) is 0 Å². The van der Waals surface area contributed by atoms with Gasteiger partial charge in [0.2, 0.25) is 5.82 Å². The molecule has 0 saturated heterocycles. The maximum Gasteiger partial charge on any atom is 0.289 e. The minimum Gasteiger partial charge on any atom is -0.370 e. The molecular formula is C21H31Cl2N7O. The molecule has 1 amide bonds. The number of nitrogens with one attached hydrogen (secondary N) is 4. The van der Waals surface area contributed by atoms with E-state index in [0.29, 0.717) is 18.3 Å². The van der Waals surface area contributed by atoms with Gasteiger partial charge in [-0.05, 0) is 50.7 Å². The normalized spacial score (nSPS) is 20.2. The van der Waals surface area contributed by atoms with E-state index in [0.717, 1.165) is 42.1 Å². The van der Waals surface area contributed by atoms with Crippen molar-refractivity contribution in [2.24, 2.45) is 11.7 Å². The Balaban J connectivity index is 0.00000171. The number of aromatic nitrogens is 2. The number of anilines is 1. The number of aryl methyl sites for hydroxylation is 1. The van der Waals surface area contributed by atoms with Gasteiger partial charge in [0, 0.05) is 24.0 Å². The minimum absolute atomic E-state index is 0. The van der Waals surface area contributed by atoms with Crippen LogP contribution >= 0.6 is 24.8 Å². The van der Waals surface area contributed by atoms with Crippen LogP contribution in [-0.4, -0.2) is 40.5 Å². The van der Waals surface area contributed by atoms with Crippen molar-refractivity contribution >= 4 is 53.4 Å². The zero-order chi connectivity index (χ0) is 20.4. The molecule has 2 aliphatic carbocycles. The molecule has 0 unspecified atom stereocenters. The van der Waals surface area contributed by atoms with E-state index in [2.05, 4.69) is 25.9 Å². The Morgan fingerprint density at radius 3 is 2.52 bits per heavy atom. The fourth-order valence-corrected chi connectivity index (χ4v) is 3.94. The predicted octanol–water partition coefficient (Wildman–Crippen LogP) is 3.13. The van der Waals surface area contributed by atoms with Crippen LogP contribution in [0.1, 0.15) is 54.7 Å². The summed E-state index contributed by atoms with van der Waals surface area (Å²) in [5, 5.41) is 18.0. The summed E-state index contributed by atoms with van der Waals surface area (Å²) in [6, 6.07) is 6.10. The summed E-state index contributed by atoms with van der Waals surface area (Å²) in [5.74, 6) is 1.20. The van der Waals surface area contributed by atoms with Crippen LogP contribution in [0.25, 0.3) is 10.9 Å². The van der Waals surface area contributed by atoms with Crippen LogP contribution in [0.3, 0.4) is 0 Å². The highest BCUT2D eigenvalue weighted by Crippen LogP contribution is 2.28. The summed E-state index contributed by atoms with van der Waals surface area (Å²) in [7, 11) is 0. The highest BCUT2D eigenvalue weighted by molar-refractivity contribution is 5.96. The Morgan fingerprint density at radius 1 is 1.13 bits per heavy atom. The van der Waals surface area contributed by atoms with Crippen molar-refractivity contribution in [1.82, 2.24) is 20.6 Å². The van der Waals surface area contributed by atoms with Crippen molar-refractivity contribution in [1.29, 1.82) is 5.41 Å². The molecule has 6 N–H and O–H groups in total. The number of benzene rings is 1. The van der Waals surface area contributed by atoms with Crippen molar-refractivity contribution in [3.63, 3.8) is 0 Å². The predicted molar refractivity (Wildman–Crippen MR) is 129 cm³/mol. The maximum absolute atomic E-state index is 12.6. The Kier molecular flexibility index (Phi) is 8.70. The van der Waals surface area contributed by atoms with Gasteiger partial charge in [0.25, 0.3) is 5.91 Å². The molecule has 0 spiro atoms. The molecule has 2 aliphatic rings. The van der Waals surface area contributed by atoms with E-state index in [-0.39, 0.29) is 54.6 Å². The molecule has 2 fully saturated rings. The largest absolute Gasteiger partial charge is 0.370 e. The quantitative estimate of drug-likeness (QED) is 0.327. The van der Waals surface area contributed by atoms with E-state index in [4.69, 9.17) is 11.1 Å². The third-order valence-electron chi connectivity index (χ3n) is 5.73. The maximum atomic E-state index is 12.6. The highest BCUT2D eigenvalue weighted by atomic mass is 35.5. The van der Waals surface area contributed by atoms with E-state index in [1.54, 1.807) is 0 Å². The van der Waals surface area contributed by atoms with Crippen molar-refractivity contribution < 1.29 is 4.79 Å². The monoisotopic (exact) mass is 467 g/mol. The van der Waals surface area contributed by atoms with Gasteiger partial charge < -0.3 is 21.7 Å². The second-order valence-corrected chi connectivity index (χ2v) is 8.27. The van der Waals surface area contributed by atoms with Crippen LogP contribution in [-0.2, 0) is 0 Å². The Morgan fingerprint density at radius 2 is 1.84 bits per heavy atom. The summed E-state index contributed by atoms with van der Waals surface area (Å²) in [6.07, 6.45) is 6.44. The molecule has 2 aromatic rings. The van der Waals surface area contributed by atoms with E-state index in [1.165, 1.54) is 12.8 Å². The van der Waals surface area contributed by atoms with Gasteiger partial charge in [-0.3, -0.25) is 10.2 Å². The van der Waals surface area contributed by atoms with Crippen LogP contribution in [0.15, 0.2) is 18.2 Å². The van der Waals surface area contributed by atoms with Gasteiger partial charge >= 0.3 is 0 Å². The number of carbonyl (C=O) groups is 1. The topological polar surface area (TPSA) is 129 Å². The Bertz CT molecular complexity index is 935. The van der Waals surface area contributed by atoms with Gasteiger partial charge in [0.05, 0.1) is 5.52 Å². The van der Waals surface area contributed by atoms with Crippen molar-refractivity contribution in [2.45, 2.75) is 57.5 Å². The van der Waals surface area contributed by atoms with E-state index >= 15 is 0 Å². The molecule has 1 aromatic carbocycles. The summed E-state index contributed by atoms with van der Waals surface area (Å²) < 4.78 is 0. The number of rotatable bonds is 6. The highest BCUT2D eigenvalue weighted by Gasteiger charge is 2.27. The third-order valence-corrected chi connectivity index (χ3v) is 5.73. The molecule has 4 rings (SSSR count). The average Bonchev–Trinajstić information content (AvgIpc) is 3.52. The number of hydrogen-bond donors (Lipinski definition) is 5. The van der Waals surface area contributed by atoms with Crippen molar-refractivity contribution in [2.75, 3.05) is 11.9 Å². The van der Waals surface area contributed by atoms with Crippen molar-refractivity contribution in [3.8, 4) is 0 Å². The zero-order valence-electron chi connectivity index (χ0n) is 17.6. The number of halogens is 2. The summed E-state index contributed by atoms with van der Waals surface area (Å²) in [6.45, 7) is 2.71. The number of nitrogens with two attached hydrogens (primary N) is 1. The van der Waals surface area contributed by atoms with Gasteiger partial charge in [0.1, 0.15) is 5.82 Å². The molecule has 2 saturated carbocycles. The first-order chi connectivity index (χ1) is 14.0. The van der Waals surface area contributed by atoms with Gasteiger partial charge in [-0.25, -0.2) is 9.97 Å². The molecule has 10 heteroatoms. The van der Waals surface area contributed by atoms with Crippen LogP contribution < -0.4 is 21.7 Å². The summed E-state index contributed by atoms with van der Waals surface area (Å²) in [5.41, 5.74) is 7.44. The molecule has 1 aromatic heterocycles. The minimum atomic E-state index is -0.232. The third kappa shape index (κ3) is 6.33. The fraction of sp³-hybridized carbons (Fsp3) is 0.524. The zero-order valence-corrected chi connectivity index (χ0v) is 19.2. The first-order valence-corrected chi connectivity index (χ1v) is 10.4. The summed E-state index contributed by atoms with van der Waals surface area (Å²) in [4.78, 5) is 21.7. The van der Waals surface area contributed by atoms with Gasteiger partial charge in [-0.2, -0.15) is 0 Å². The number of hydrogen-bond acceptors (Lipinski definition) is 5. The lowest BCUT2D eigenvalue weighted by atomic mass is 9.90. The lowest BCUT2D eigenvalue weighted by Crippen LogP contribution is -2.50. The van der Waals surface area contributed by atoms with Crippen LogP contribution in [0.5, 0.6) is 0 Å². The molecule has 8 nitrogen and oxygen atoms in total.